The molecule has 0 spiro atoms. The summed E-state index contributed by atoms with van der Waals surface area (Å²) in [6.45, 7) is 0. The van der Waals surface area contributed by atoms with Gasteiger partial charge in [0.05, 0.1) is 16.6 Å². The number of carbonyl (C=O) groups excluding carboxylic acids is 1. The number of hydrogen-bond donors (Lipinski definition) is 2. The smallest absolute Gasteiger partial charge is 0.335 e. The van der Waals surface area contributed by atoms with Crippen LogP contribution >= 0.6 is 0 Å². The fourth-order valence-corrected chi connectivity index (χ4v) is 2.09. The molecule has 5 heteroatoms. The minimum absolute atomic E-state index is 0.172. The van der Waals surface area contributed by atoms with Crippen molar-refractivity contribution in [2.24, 2.45) is 0 Å². The molecule has 0 aliphatic rings. The molecule has 0 saturated heterocycles. The molecule has 108 valence electrons. The number of aromatic carboxylic acids is 1. The van der Waals surface area contributed by atoms with Crippen molar-refractivity contribution < 1.29 is 14.7 Å². The number of anilines is 1. The van der Waals surface area contributed by atoms with Crippen molar-refractivity contribution in [3.63, 3.8) is 0 Å². The summed E-state index contributed by atoms with van der Waals surface area (Å²) in [4.78, 5) is 27.2. The lowest BCUT2D eigenvalue weighted by Gasteiger charge is -2.06. The van der Waals surface area contributed by atoms with Crippen LogP contribution in [0.2, 0.25) is 0 Å². The summed E-state index contributed by atoms with van der Waals surface area (Å²) in [7, 11) is 0. The van der Waals surface area contributed by atoms with E-state index in [1.165, 1.54) is 18.3 Å². The normalized spacial score (nSPS) is 10.4. The van der Waals surface area contributed by atoms with Gasteiger partial charge in [-0.1, -0.05) is 18.2 Å². The number of carboxylic acid groups (broad SMARTS) is 1. The Bertz CT molecular complexity index is 857. The maximum atomic E-state index is 12.2. The molecule has 1 amide bonds. The Morgan fingerprint density at radius 1 is 0.955 bits per heavy atom. The standard InChI is InChI=1S/C17H12N2O3/c20-16(19-14-7-5-11(6-8-14)17(21)22)13-9-12-3-1-2-4-15(12)18-10-13/h1-10H,(H,19,20)(H,21,22). The maximum absolute atomic E-state index is 12.2. The summed E-state index contributed by atoms with van der Waals surface area (Å²) in [5.41, 5.74) is 1.97. The Balaban J connectivity index is 1.81. The van der Waals surface area contributed by atoms with E-state index in [1.807, 2.05) is 24.3 Å². The van der Waals surface area contributed by atoms with Crippen molar-refractivity contribution in [3.05, 3.63) is 71.9 Å². The second kappa shape index (κ2) is 5.65. The monoisotopic (exact) mass is 292 g/mol. The summed E-state index contributed by atoms with van der Waals surface area (Å²) in [6.07, 6.45) is 1.52. The average molecular weight is 292 g/mol. The van der Waals surface area contributed by atoms with Gasteiger partial charge in [0.2, 0.25) is 0 Å². The number of para-hydroxylation sites is 1. The van der Waals surface area contributed by atoms with Crippen molar-refractivity contribution in [3.8, 4) is 0 Å². The van der Waals surface area contributed by atoms with Gasteiger partial charge in [-0.25, -0.2) is 4.79 Å². The third-order valence-corrected chi connectivity index (χ3v) is 3.24. The van der Waals surface area contributed by atoms with E-state index < -0.39 is 5.97 Å². The molecule has 0 fully saturated rings. The number of rotatable bonds is 3. The van der Waals surface area contributed by atoms with Crippen molar-refractivity contribution >= 4 is 28.5 Å². The zero-order valence-corrected chi connectivity index (χ0v) is 11.5. The molecule has 22 heavy (non-hydrogen) atoms. The molecule has 2 aromatic carbocycles. The fourth-order valence-electron chi connectivity index (χ4n) is 2.09. The summed E-state index contributed by atoms with van der Waals surface area (Å²) in [6, 6.07) is 15.3. The highest BCUT2D eigenvalue weighted by atomic mass is 16.4. The maximum Gasteiger partial charge on any atom is 0.335 e. The topological polar surface area (TPSA) is 79.3 Å². The van der Waals surface area contributed by atoms with E-state index in [0.29, 0.717) is 11.3 Å². The molecule has 0 atom stereocenters. The van der Waals surface area contributed by atoms with Crippen molar-refractivity contribution in [1.29, 1.82) is 0 Å². The third-order valence-electron chi connectivity index (χ3n) is 3.24. The third kappa shape index (κ3) is 2.78. The molecular formula is C17H12N2O3. The quantitative estimate of drug-likeness (QED) is 0.777. The first-order chi connectivity index (χ1) is 10.6. The van der Waals surface area contributed by atoms with E-state index in [2.05, 4.69) is 10.3 Å². The van der Waals surface area contributed by atoms with Gasteiger partial charge in [0.15, 0.2) is 0 Å². The lowest BCUT2D eigenvalue weighted by Crippen LogP contribution is -2.12. The number of amides is 1. The highest BCUT2D eigenvalue weighted by Gasteiger charge is 2.08. The van der Waals surface area contributed by atoms with E-state index in [9.17, 15) is 9.59 Å². The summed E-state index contributed by atoms with van der Waals surface area (Å²) < 4.78 is 0. The fraction of sp³-hybridized carbons (Fsp3) is 0. The number of pyridine rings is 1. The van der Waals surface area contributed by atoms with Gasteiger partial charge in [-0.15, -0.1) is 0 Å². The van der Waals surface area contributed by atoms with Gasteiger partial charge < -0.3 is 10.4 Å². The highest BCUT2D eigenvalue weighted by molar-refractivity contribution is 6.05. The Kier molecular flexibility index (Phi) is 3.53. The molecule has 5 nitrogen and oxygen atoms in total. The van der Waals surface area contributed by atoms with Crippen LogP contribution in [0.5, 0.6) is 0 Å². The van der Waals surface area contributed by atoms with E-state index in [-0.39, 0.29) is 11.5 Å². The van der Waals surface area contributed by atoms with Crippen LogP contribution in [0.1, 0.15) is 20.7 Å². The van der Waals surface area contributed by atoms with Crippen LogP contribution in [-0.2, 0) is 0 Å². The molecule has 0 unspecified atom stereocenters. The lowest BCUT2D eigenvalue weighted by molar-refractivity contribution is 0.0696. The molecule has 0 radical (unpaired) electrons. The first-order valence-corrected chi connectivity index (χ1v) is 6.63. The van der Waals surface area contributed by atoms with Crippen LogP contribution in [0.3, 0.4) is 0 Å². The van der Waals surface area contributed by atoms with Crippen molar-refractivity contribution in [2.75, 3.05) is 5.32 Å². The second-order valence-electron chi connectivity index (χ2n) is 4.75. The number of nitrogens with one attached hydrogen (secondary N) is 1. The van der Waals surface area contributed by atoms with Gasteiger partial charge >= 0.3 is 5.97 Å². The van der Waals surface area contributed by atoms with Gasteiger partial charge in [-0.2, -0.15) is 0 Å². The van der Waals surface area contributed by atoms with Crippen molar-refractivity contribution in [1.82, 2.24) is 4.98 Å². The zero-order valence-electron chi connectivity index (χ0n) is 11.5. The molecule has 0 bridgehead atoms. The Morgan fingerprint density at radius 3 is 2.41 bits per heavy atom. The van der Waals surface area contributed by atoms with Crippen LogP contribution < -0.4 is 5.32 Å². The predicted octanol–water partition coefficient (Wildman–Crippen LogP) is 3.19. The van der Waals surface area contributed by atoms with Crippen LogP contribution in [0, 0.1) is 0 Å². The van der Waals surface area contributed by atoms with E-state index in [1.54, 1.807) is 18.2 Å². The van der Waals surface area contributed by atoms with Crippen LogP contribution in [0.4, 0.5) is 5.69 Å². The molecular weight excluding hydrogens is 280 g/mol. The van der Waals surface area contributed by atoms with E-state index in [4.69, 9.17) is 5.11 Å². The molecule has 3 aromatic rings. The van der Waals surface area contributed by atoms with E-state index >= 15 is 0 Å². The molecule has 3 rings (SSSR count). The minimum atomic E-state index is -1.00. The van der Waals surface area contributed by atoms with Gasteiger partial charge in [0.25, 0.3) is 5.91 Å². The largest absolute Gasteiger partial charge is 0.478 e. The van der Waals surface area contributed by atoms with Gasteiger partial charge in [0, 0.05) is 17.3 Å². The first kappa shape index (κ1) is 13.8. The summed E-state index contributed by atoms with van der Waals surface area (Å²) in [5, 5.41) is 12.4. The van der Waals surface area contributed by atoms with Crippen LogP contribution in [0.15, 0.2) is 60.8 Å². The first-order valence-electron chi connectivity index (χ1n) is 6.63. The predicted molar refractivity (Wildman–Crippen MR) is 83.1 cm³/mol. The molecule has 2 N–H and O–H groups in total. The lowest BCUT2D eigenvalue weighted by atomic mass is 10.1. The SMILES string of the molecule is O=C(O)c1ccc(NC(=O)c2cnc3ccccc3c2)cc1. The van der Waals surface area contributed by atoms with Gasteiger partial charge in [-0.05, 0) is 36.4 Å². The Labute approximate surface area is 126 Å². The number of carbonyl (C=O) groups is 2. The van der Waals surface area contributed by atoms with Crippen LogP contribution in [-0.4, -0.2) is 22.0 Å². The average Bonchev–Trinajstić information content (AvgIpc) is 2.55. The van der Waals surface area contributed by atoms with Gasteiger partial charge in [-0.3, -0.25) is 9.78 Å². The second-order valence-corrected chi connectivity index (χ2v) is 4.75. The Morgan fingerprint density at radius 2 is 1.68 bits per heavy atom. The van der Waals surface area contributed by atoms with Crippen molar-refractivity contribution in [2.45, 2.75) is 0 Å². The molecule has 1 aromatic heterocycles. The number of aromatic nitrogens is 1. The molecule has 1 heterocycles. The Hall–Kier alpha value is -3.21. The number of nitrogens with zero attached hydrogens (tertiary/aromatic N) is 1. The highest BCUT2D eigenvalue weighted by Crippen LogP contribution is 2.15. The molecule has 0 aliphatic carbocycles. The van der Waals surface area contributed by atoms with E-state index in [0.717, 1.165) is 10.9 Å². The molecule has 0 saturated carbocycles. The number of hydrogen-bond acceptors (Lipinski definition) is 3. The number of carboxylic acids is 1. The summed E-state index contributed by atoms with van der Waals surface area (Å²) in [5.74, 6) is -1.29. The molecule has 0 aliphatic heterocycles. The summed E-state index contributed by atoms with van der Waals surface area (Å²) >= 11 is 0. The minimum Gasteiger partial charge on any atom is -0.478 e. The zero-order chi connectivity index (χ0) is 15.5. The van der Waals surface area contributed by atoms with Crippen LogP contribution in [0.25, 0.3) is 10.9 Å². The number of fused-ring (bicyclic) bond motifs is 1. The van der Waals surface area contributed by atoms with Gasteiger partial charge in [0.1, 0.15) is 0 Å². The number of benzene rings is 2.